The van der Waals surface area contributed by atoms with E-state index < -0.39 is 9.84 Å². The number of sulfone groups is 1. The SMILES string of the molecule is Cc1ncc(-c2cccc(S(C)(=O)=O)c2)cc1N. The van der Waals surface area contributed by atoms with Crippen LogP contribution in [0.2, 0.25) is 0 Å². The lowest BCUT2D eigenvalue weighted by Gasteiger charge is -2.06. The Morgan fingerprint density at radius 3 is 2.50 bits per heavy atom. The van der Waals surface area contributed by atoms with E-state index in [2.05, 4.69) is 4.98 Å². The second kappa shape index (κ2) is 4.42. The Morgan fingerprint density at radius 1 is 1.17 bits per heavy atom. The number of hydrogen-bond acceptors (Lipinski definition) is 4. The number of anilines is 1. The molecular formula is C13H14N2O2S. The largest absolute Gasteiger partial charge is 0.397 e. The molecule has 0 bridgehead atoms. The summed E-state index contributed by atoms with van der Waals surface area (Å²) < 4.78 is 23.0. The van der Waals surface area contributed by atoms with Crippen molar-refractivity contribution in [3.63, 3.8) is 0 Å². The average molecular weight is 262 g/mol. The molecule has 0 aliphatic rings. The number of benzene rings is 1. The Hall–Kier alpha value is -1.88. The van der Waals surface area contributed by atoms with Gasteiger partial charge in [-0.25, -0.2) is 8.42 Å². The second-order valence-electron chi connectivity index (χ2n) is 4.20. The molecule has 0 unspecified atom stereocenters. The van der Waals surface area contributed by atoms with Crippen molar-refractivity contribution >= 4 is 15.5 Å². The van der Waals surface area contributed by atoms with Crippen LogP contribution in [0.15, 0.2) is 41.4 Å². The van der Waals surface area contributed by atoms with Gasteiger partial charge >= 0.3 is 0 Å². The van der Waals surface area contributed by atoms with Gasteiger partial charge in [0.1, 0.15) is 0 Å². The molecule has 1 heterocycles. The molecule has 0 fully saturated rings. The van der Waals surface area contributed by atoms with Crippen LogP contribution < -0.4 is 5.73 Å². The minimum Gasteiger partial charge on any atom is -0.397 e. The number of nitrogens with zero attached hydrogens (tertiary/aromatic N) is 1. The van der Waals surface area contributed by atoms with E-state index in [9.17, 15) is 8.42 Å². The maximum Gasteiger partial charge on any atom is 0.175 e. The monoisotopic (exact) mass is 262 g/mol. The lowest BCUT2D eigenvalue weighted by atomic mass is 10.1. The Bertz CT molecular complexity index is 694. The van der Waals surface area contributed by atoms with E-state index in [1.54, 1.807) is 30.5 Å². The topological polar surface area (TPSA) is 73.0 Å². The smallest absolute Gasteiger partial charge is 0.175 e. The maximum atomic E-state index is 11.5. The number of nitrogens with two attached hydrogens (primary N) is 1. The summed E-state index contributed by atoms with van der Waals surface area (Å²) in [6.45, 7) is 1.83. The van der Waals surface area contributed by atoms with Crippen LogP contribution >= 0.6 is 0 Å². The maximum absolute atomic E-state index is 11.5. The normalized spacial score (nSPS) is 11.4. The number of rotatable bonds is 2. The van der Waals surface area contributed by atoms with Gasteiger partial charge in [0.25, 0.3) is 0 Å². The molecule has 2 rings (SSSR count). The fourth-order valence-corrected chi connectivity index (χ4v) is 2.28. The third-order valence-electron chi connectivity index (χ3n) is 2.72. The summed E-state index contributed by atoms with van der Waals surface area (Å²) in [5.74, 6) is 0. The van der Waals surface area contributed by atoms with Gasteiger partial charge in [0.2, 0.25) is 0 Å². The van der Waals surface area contributed by atoms with Gasteiger partial charge in [-0.1, -0.05) is 12.1 Å². The Balaban J connectivity index is 2.55. The van der Waals surface area contributed by atoms with Gasteiger partial charge in [-0.2, -0.15) is 0 Å². The van der Waals surface area contributed by atoms with E-state index in [4.69, 9.17) is 5.73 Å². The van der Waals surface area contributed by atoms with E-state index in [0.717, 1.165) is 16.8 Å². The fraction of sp³-hybridized carbons (Fsp3) is 0.154. The van der Waals surface area contributed by atoms with Crippen molar-refractivity contribution in [2.75, 3.05) is 12.0 Å². The molecule has 2 N–H and O–H groups in total. The molecule has 4 nitrogen and oxygen atoms in total. The first-order valence-electron chi connectivity index (χ1n) is 5.40. The standard InChI is InChI=1S/C13H14N2O2S/c1-9-13(14)7-11(8-15-9)10-4-3-5-12(6-10)18(2,16)17/h3-8H,14H2,1-2H3. The number of aryl methyl sites for hydroxylation is 1. The van der Waals surface area contributed by atoms with Gasteiger partial charge in [-0.15, -0.1) is 0 Å². The molecule has 2 aromatic rings. The number of aromatic nitrogens is 1. The molecule has 18 heavy (non-hydrogen) atoms. The van der Waals surface area contributed by atoms with Crippen LogP contribution in [-0.4, -0.2) is 19.7 Å². The lowest BCUT2D eigenvalue weighted by molar-refractivity contribution is 0.602. The van der Waals surface area contributed by atoms with Crippen LogP contribution in [0, 0.1) is 6.92 Å². The van der Waals surface area contributed by atoms with Crippen molar-refractivity contribution in [3.8, 4) is 11.1 Å². The minimum atomic E-state index is -3.20. The fourth-order valence-electron chi connectivity index (χ4n) is 1.61. The summed E-state index contributed by atoms with van der Waals surface area (Å²) in [6, 6.07) is 8.54. The highest BCUT2D eigenvalue weighted by atomic mass is 32.2. The molecule has 0 saturated carbocycles. The zero-order valence-corrected chi connectivity index (χ0v) is 11.0. The van der Waals surface area contributed by atoms with Crippen LogP contribution in [-0.2, 0) is 9.84 Å². The molecule has 0 radical (unpaired) electrons. The molecule has 1 aromatic heterocycles. The van der Waals surface area contributed by atoms with Crippen molar-refractivity contribution < 1.29 is 8.42 Å². The number of nitrogen functional groups attached to an aromatic ring is 1. The van der Waals surface area contributed by atoms with Gasteiger partial charge in [0.05, 0.1) is 16.3 Å². The molecule has 0 spiro atoms. The molecule has 0 saturated heterocycles. The molecule has 5 heteroatoms. The summed E-state index contributed by atoms with van der Waals surface area (Å²) in [4.78, 5) is 4.46. The van der Waals surface area contributed by atoms with Crippen LogP contribution in [0.3, 0.4) is 0 Å². The van der Waals surface area contributed by atoms with E-state index in [1.807, 2.05) is 13.0 Å². The second-order valence-corrected chi connectivity index (χ2v) is 6.21. The lowest BCUT2D eigenvalue weighted by Crippen LogP contribution is -1.97. The Labute approximate surface area is 106 Å². The molecule has 0 amide bonds. The van der Waals surface area contributed by atoms with Crippen molar-refractivity contribution in [2.45, 2.75) is 11.8 Å². The highest BCUT2D eigenvalue weighted by Gasteiger charge is 2.09. The first kappa shape index (κ1) is 12.6. The highest BCUT2D eigenvalue weighted by molar-refractivity contribution is 7.90. The van der Waals surface area contributed by atoms with Gasteiger partial charge in [-0.05, 0) is 30.7 Å². The highest BCUT2D eigenvalue weighted by Crippen LogP contribution is 2.24. The van der Waals surface area contributed by atoms with Crippen LogP contribution in [0.5, 0.6) is 0 Å². The molecule has 1 aromatic carbocycles. The van der Waals surface area contributed by atoms with Crippen LogP contribution in [0.4, 0.5) is 5.69 Å². The third kappa shape index (κ3) is 2.51. The van der Waals surface area contributed by atoms with Crippen molar-refractivity contribution in [1.29, 1.82) is 0 Å². The molecule has 0 aliphatic carbocycles. The molecule has 0 aliphatic heterocycles. The summed E-state index contributed by atoms with van der Waals surface area (Å²) in [5, 5.41) is 0. The third-order valence-corrected chi connectivity index (χ3v) is 3.83. The summed E-state index contributed by atoms with van der Waals surface area (Å²) in [6.07, 6.45) is 2.88. The van der Waals surface area contributed by atoms with E-state index >= 15 is 0 Å². The average Bonchev–Trinajstić information content (AvgIpc) is 2.32. The molecular weight excluding hydrogens is 248 g/mol. The quantitative estimate of drug-likeness (QED) is 0.899. The van der Waals surface area contributed by atoms with Gasteiger partial charge in [-0.3, -0.25) is 4.98 Å². The summed E-state index contributed by atoms with van der Waals surface area (Å²) in [5.41, 5.74) is 8.76. The van der Waals surface area contributed by atoms with Crippen molar-refractivity contribution in [1.82, 2.24) is 4.98 Å². The molecule has 94 valence electrons. The Kier molecular flexibility index (Phi) is 3.09. The van der Waals surface area contributed by atoms with Gasteiger partial charge in [0, 0.05) is 18.0 Å². The van der Waals surface area contributed by atoms with Crippen molar-refractivity contribution in [3.05, 3.63) is 42.2 Å². The van der Waals surface area contributed by atoms with Gasteiger partial charge in [0.15, 0.2) is 9.84 Å². The predicted octanol–water partition coefficient (Wildman–Crippen LogP) is 2.04. The molecule has 0 atom stereocenters. The summed E-state index contributed by atoms with van der Waals surface area (Å²) >= 11 is 0. The van der Waals surface area contributed by atoms with E-state index in [0.29, 0.717) is 10.6 Å². The predicted molar refractivity (Wildman–Crippen MR) is 71.9 cm³/mol. The minimum absolute atomic E-state index is 0.291. The van der Waals surface area contributed by atoms with Crippen molar-refractivity contribution in [2.24, 2.45) is 0 Å². The van der Waals surface area contributed by atoms with E-state index in [1.165, 1.54) is 6.26 Å². The zero-order chi connectivity index (χ0) is 13.3. The summed E-state index contributed by atoms with van der Waals surface area (Å²) in [7, 11) is -3.20. The van der Waals surface area contributed by atoms with Gasteiger partial charge < -0.3 is 5.73 Å². The van der Waals surface area contributed by atoms with Crippen LogP contribution in [0.25, 0.3) is 11.1 Å². The number of pyridine rings is 1. The van der Waals surface area contributed by atoms with E-state index in [-0.39, 0.29) is 0 Å². The van der Waals surface area contributed by atoms with Crippen LogP contribution in [0.1, 0.15) is 5.69 Å². The first-order chi connectivity index (χ1) is 8.38. The number of hydrogen-bond donors (Lipinski definition) is 1. The zero-order valence-electron chi connectivity index (χ0n) is 10.2. The Morgan fingerprint density at radius 2 is 1.89 bits per heavy atom. The first-order valence-corrected chi connectivity index (χ1v) is 7.29.